The van der Waals surface area contributed by atoms with Gasteiger partial charge in [0.05, 0.1) is 11.2 Å². The summed E-state index contributed by atoms with van der Waals surface area (Å²) >= 11 is 0. The first-order valence-corrected chi connectivity index (χ1v) is 7.35. The lowest BCUT2D eigenvalue weighted by molar-refractivity contribution is -0.376. The summed E-state index contributed by atoms with van der Waals surface area (Å²) in [7, 11) is -1.16. The zero-order chi connectivity index (χ0) is 19.5. The van der Waals surface area contributed by atoms with Crippen LogP contribution in [0.3, 0.4) is 0 Å². The topological polar surface area (TPSA) is 38.7 Å². The lowest BCUT2D eigenvalue weighted by Crippen LogP contribution is -2.54. The van der Waals surface area contributed by atoms with Crippen molar-refractivity contribution in [2.24, 2.45) is 0 Å². The molecule has 3 nitrogen and oxygen atoms in total. The Bertz CT molecular complexity index is 623. The third-order valence-electron chi connectivity index (χ3n) is 4.65. The van der Waals surface area contributed by atoms with Crippen LogP contribution in [0.2, 0.25) is 0 Å². The molecule has 1 N–H and O–H groups in total. The highest BCUT2D eigenvalue weighted by atomic mass is 19.4. The van der Waals surface area contributed by atoms with Crippen molar-refractivity contribution in [3.63, 3.8) is 0 Å². The van der Waals surface area contributed by atoms with Gasteiger partial charge in [0.15, 0.2) is 0 Å². The van der Waals surface area contributed by atoms with Gasteiger partial charge in [0.2, 0.25) is 0 Å². The molecule has 0 spiro atoms. The van der Waals surface area contributed by atoms with Gasteiger partial charge < -0.3 is 14.4 Å². The van der Waals surface area contributed by atoms with Crippen LogP contribution < -0.4 is 5.46 Å². The van der Waals surface area contributed by atoms with E-state index in [1.54, 1.807) is 27.7 Å². The van der Waals surface area contributed by atoms with E-state index in [0.29, 0.717) is 12.1 Å². The normalized spacial score (nSPS) is 20.8. The second kappa shape index (κ2) is 5.62. The van der Waals surface area contributed by atoms with Gasteiger partial charge >= 0.3 is 19.5 Å². The van der Waals surface area contributed by atoms with Crippen molar-refractivity contribution in [2.45, 2.75) is 56.9 Å². The summed E-state index contributed by atoms with van der Waals surface area (Å²) in [5, 5.41) is 9.50. The van der Waals surface area contributed by atoms with Gasteiger partial charge in [-0.05, 0) is 33.2 Å². The molecule has 1 aromatic carbocycles. The van der Waals surface area contributed by atoms with Crippen molar-refractivity contribution >= 4 is 12.6 Å². The molecule has 0 atom stereocenters. The first-order valence-electron chi connectivity index (χ1n) is 7.35. The SMILES string of the molecule is CC1(C)OB(c2cccc(C(O)(C(F)(F)F)C(F)(F)F)c2)OC1(C)C. The van der Waals surface area contributed by atoms with Crippen LogP contribution in [0.4, 0.5) is 26.3 Å². The van der Waals surface area contributed by atoms with Gasteiger partial charge in [-0.1, -0.05) is 24.3 Å². The number of aliphatic hydroxyl groups is 1. The number of hydrogen-bond donors (Lipinski definition) is 1. The molecule has 1 heterocycles. The minimum atomic E-state index is -5.94. The van der Waals surface area contributed by atoms with Gasteiger partial charge in [-0.25, -0.2) is 0 Å². The molecule has 1 aliphatic rings. The zero-order valence-corrected chi connectivity index (χ0v) is 13.9. The van der Waals surface area contributed by atoms with Crippen molar-refractivity contribution in [3.8, 4) is 0 Å². The standard InChI is InChI=1S/C15H17BF6O3/c1-11(2)12(3,4)25-16(24-11)10-7-5-6-9(8-10)13(23,14(17,18)19)15(20,21)22/h5-8,23H,1-4H3. The van der Waals surface area contributed by atoms with Gasteiger partial charge in [-0.3, -0.25) is 0 Å². The first-order chi connectivity index (χ1) is 11.0. The van der Waals surface area contributed by atoms with Crippen LogP contribution in [0.15, 0.2) is 24.3 Å². The average molecular weight is 370 g/mol. The molecule has 1 fully saturated rings. The van der Waals surface area contributed by atoms with E-state index >= 15 is 0 Å². The molecule has 10 heteroatoms. The lowest BCUT2D eigenvalue weighted by Gasteiger charge is -2.33. The lowest BCUT2D eigenvalue weighted by atomic mass is 9.76. The molecule has 0 saturated carbocycles. The largest absolute Gasteiger partial charge is 0.494 e. The first kappa shape index (κ1) is 20.1. The molecule has 0 bridgehead atoms. The summed E-state index contributed by atoms with van der Waals surface area (Å²) in [6.45, 7) is 6.77. The van der Waals surface area contributed by atoms with E-state index in [9.17, 15) is 31.4 Å². The van der Waals surface area contributed by atoms with Crippen molar-refractivity contribution in [1.82, 2.24) is 0 Å². The fourth-order valence-corrected chi connectivity index (χ4v) is 2.38. The predicted octanol–water partition coefficient (Wildman–Crippen LogP) is 3.30. The van der Waals surface area contributed by atoms with Gasteiger partial charge in [0.1, 0.15) is 0 Å². The van der Waals surface area contributed by atoms with Crippen molar-refractivity contribution in [1.29, 1.82) is 0 Å². The molecular formula is C15H17BF6O3. The molecule has 0 amide bonds. The number of alkyl halides is 6. The molecule has 1 aromatic rings. The number of benzene rings is 1. The Hall–Kier alpha value is -1.26. The van der Waals surface area contributed by atoms with E-state index in [4.69, 9.17) is 9.31 Å². The summed E-state index contributed by atoms with van der Waals surface area (Å²) < 4.78 is 89.3. The minimum Gasteiger partial charge on any atom is -0.399 e. The van der Waals surface area contributed by atoms with E-state index in [2.05, 4.69) is 0 Å². The second-order valence-corrected chi connectivity index (χ2v) is 6.92. The molecule has 2 rings (SSSR count). The highest BCUT2D eigenvalue weighted by molar-refractivity contribution is 6.62. The van der Waals surface area contributed by atoms with Crippen LogP contribution in [0.1, 0.15) is 33.3 Å². The van der Waals surface area contributed by atoms with E-state index in [1.807, 2.05) is 0 Å². The van der Waals surface area contributed by atoms with E-state index in [1.165, 1.54) is 6.07 Å². The Balaban J connectivity index is 2.49. The van der Waals surface area contributed by atoms with Crippen molar-refractivity contribution in [3.05, 3.63) is 29.8 Å². The number of hydrogen-bond acceptors (Lipinski definition) is 3. The Morgan fingerprint density at radius 2 is 1.32 bits per heavy atom. The fraction of sp³-hybridized carbons (Fsp3) is 0.600. The quantitative estimate of drug-likeness (QED) is 0.642. The predicted molar refractivity (Wildman–Crippen MR) is 78.2 cm³/mol. The van der Waals surface area contributed by atoms with Gasteiger partial charge in [-0.15, -0.1) is 0 Å². The van der Waals surface area contributed by atoms with E-state index < -0.39 is 41.8 Å². The Morgan fingerprint density at radius 3 is 1.72 bits per heavy atom. The monoisotopic (exact) mass is 370 g/mol. The maximum absolute atomic E-state index is 13.0. The average Bonchev–Trinajstić information content (AvgIpc) is 2.64. The smallest absolute Gasteiger partial charge is 0.399 e. The van der Waals surface area contributed by atoms with Crippen LogP contribution in [0.25, 0.3) is 0 Å². The molecule has 140 valence electrons. The second-order valence-electron chi connectivity index (χ2n) is 6.92. The molecule has 1 saturated heterocycles. The minimum absolute atomic E-state index is 0.0527. The van der Waals surface area contributed by atoms with E-state index in [-0.39, 0.29) is 5.46 Å². The molecular weight excluding hydrogens is 353 g/mol. The number of halogens is 6. The molecule has 0 aromatic heterocycles. The molecule has 0 aliphatic carbocycles. The van der Waals surface area contributed by atoms with Crippen molar-refractivity contribution in [2.75, 3.05) is 0 Å². The molecule has 0 unspecified atom stereocenters. The highest BCUT2D eigenvalue weighted by Gasteiger charge is 2.71. The Labute approximate surface area is 141 Å². The Morgan fingerprint density at radius 1 is 0.880 bits per heavy atom. The van der Waals surface area contributed by atoms with Crippen LogP contribution in [0.5, 0.6) is 0 Å². The maximum atomic E-state index is 13.0. The third-order valence-corrected chi connectivity index (χ3v) is 4.65. The fourth-order valence-electron chi connectivity index (χ4n) is 2.38. The molecule has 25 heavy (non-hydrogen) atoms. The van der Waals surface area contributed by atoms with Crippen molar-refractivity contribution < 1.29 is 40.8 Å². The van der Waals surface area contributed by atoms with Gasteiger partial charge in [0, 0.05) is 5.56 Å². The zero-order valence-electron chi connectivity index (χ0n) is 13.9. The summed E-state index contributed by atoms with van der Waals surface area (Å²) in [5.41, 5.74) is -8.03. The van der Waals surface area contributed by atoms with Crippen LogP contribution in [-0.4, -0.2) is 35.8 Å². The third kappa shape index (κ3) is 3.15. The van der Waals surface area contributed by atoms with Gasteiger partial charge in [0.25, 0.3) is 5.60 Å². The van der Waals surface area contributed by atoms with Crippen LogP contribution in [0, 0.1) is 0 Å². The summed E-state index contributed by atoms with van der Waals surface area (Å²) in [6.07, 6.45) is -11.9. The number of rotatable bonds is 2. The maximum Gasteiger partial charge on any atom is 0.494 e. The molecule has 0 radical (unpaired) electrons. The summed E-state index contributed by atoms with van der Waals surface area (Å²) in [4.78, 5) is 0. The van der Waals surface area contributed by atoms with Crippen LogP contribution >= 0.6 is 0 Å². The van der Waals surface area contributed by atoms with Gasteiger partial charge in [-0.2, -0.15) is 26.3 Å². The van der Waals surface area contributed by atoms with Crippen LogP contribution in [-0.2, 0) is 14.9 Å². The molecule has 1 aliphatic heterocycles. The summed E-state index contributed by atoms with van der Waals surface area (Å²) in [5.74, 6) is 0. The summed E-state index contributed by atoms with van der Waals surface area (Å²) in [6, 6.07) is 3.43. The highest BCUT2D eigenvalue weighted by Crippen LogP contribution is 2.49. The van der Waals surface area contributed by atoms with E-state index in [0.717, 1.165) is 6.07 Å². The Kier molecular flexibility index (Phi) is 4.51.